The van der Waals surface area contributed by atoms with E-state index in [-0.39, 0.29) is 5.91 Å². The Hall–Kier alpha value is -3.19. The highest BCUT2D eigenvalue weighted by molar-refractivity contribution is 5.97. The van der Waals surface area contributed by atoms with Gasteiger partial charge in [0.1, 0.15) is 0 Å². The second-order valence-electron chi connectivity index (χ2n) is 7.68. The lowest BCUT2D eigenvalue weighted by Crippen LogP contribution is -2.34. The van der Waals surface area contributed by atoms with Crippen molar-refractivity contribution in [2.45, 2.75) is 25.7 Å². The molecule has 0 atom stereocenters. The number of rotatable bonds is 6. The van der Waals surface area contributed by atoms with Gasteiger partial charge in [-0.3, -0.25) is 9.59 Å². The Labute approximate surface area is 174 Å². The number of aromatic amines is 1. The molecule has 2 heterocycles. The smallest absolute Gasteiger partial charge is 0.333 e. The summed E-state index contributed by atoms with van der Waals surface area (Å²) in [6.07, 6.45) is 4.73. The minimum absolute atomic E-state index is 0.205. The van der Waals surface area contributed by atoms with E-state index in [0.717, 1.165) is 30.6 Å². The average molecular weight is 406 g/mol. The molecule has 156 valence electrons. The van der Waals surface area contributed by atoms with E-state index in [4.69, 9.17) is 0 Å². The molecule has 7 nitrogen and oxygen atoms in total. The van der Waals surface area contributed by atoms with Crippen LogP contribution in [0, 0.1) is 0 Å². The molecule has 1 aromatic heterocycles. The number of para-hydroxylation sites is 1. The highest BCUT2D eigenvalue weighted by Gasteiger charge is 2.13. The highest BCUT2D eigenvalue weighted by atomic mass is 16.2. The molecule has 1 aliphatic rings. The summed E-state index contributed by atoms with van der Waals surface area (Å²) in [5.74, 6) is -0.205. The van der Waals surface area contributed by atoms with Crippen molar-refractivity contribution >= 4 is 16.8 Å². The zero-order valence-corrected chi connectivity index (χ0v) is 16.9. The van der Waals surface area contributed by atoms with Crippen molar-refractivity contribution in [3.8, 4) is 5.69 Å². The van der Waals surface area contributed by atoms with E-state index in [9.17, 15) is 14.4 Å². The third kappa shape index (κ3) is 4.36. The van der Waals surface area contributed by atoms with Crippen LogP contribution in [0.5, 0.6) is 0 Å². The van der Waals surface area contributed by atoms with Crippen molar-refractivity contribution in [3.63, 3.8) is 0 Å². The molecule has 0 saturated carbocycles. The molecule has 0 bridgehead atoms. The van der Waals surface area contributed by atoms with E-state index in [1.807, 2.05) is 6.07 Å². The van der Waals surface area contributed by atoms with Gasteiger partial charge in [0.05, 0.1) is 16.6 Å². The maximum Gasteiger partial charge on any atom is 0.333 e. The van der Waals surface area contributed by atoms with Gasteiger partial charge in [0.2, 0.25) is 0 Å². The maximum absolute atomic E-state index is 12.8. The van der Waals surface area contributed by atoms with Crippen molar-refractivity contribution in [2.75, 3.05) is 26.2 Å². The summed E-state index contributed by atoms with van der Waals surface area (Å²) in [7, 11) is 0. The third-order valence-electron chi connectivity index (χ3n) is 5.56. The summed E-state index contributed by atoms with van der Waals surface area (Å²) in [6.45, 7) is 3.88. The van der Waals surface area contributed by atoms with Gasteiger partial charge in [0.15, 0.2) is 0 Å². The van der Waals surface area contributed by atoms with E-state index in [2.05, 4.69) is 15.2 Å². The largest absolute Gasteiger partial charge is 0.352 e. The van der Waals surface area contributed by atoms with E-state index in [1.165, 1.54) is 19.3 Å². The highest BCUT2D eigenvalue weighted by Crippen LogP contribution is 2.11. The monoisotopic (exact) mass is 406 g/mol. The summed E-state index contributed by atoms with van der Waals surface area (Å²) in [6, 6.07) is 13.5. The molecule has 3 aromatic rings. The molecule has 0 radical (unpaired) electrons. The first-order valence-electron chi connectivity index (χ1n) is 10.5. The number of carbonyl (C=O) groups is 1. The Morgan fingerprint density at radius 1 is 1.00 bits per heavy atom. The molecule has 30 heavy (non-hydrogen) atoms. The lowest BCUT2D eigenvalue weighted by molar-refractivity contribution is 0.0951. The van der Waals surface area contributed by atoms with Crippen LogP contribution < -0.4 is 16.6 Å². The van der Waals surface area contributed by atoms with Crippen molar-refractivity contribution < 1.29 is 4.79 Å². The van der Waals surface area contributed by atoms with Crippen LogP contribution in [0.25, 0.3) is 16.6 Å². The molecule has 1 amide bonds. The number of fused-ring (bicyclic) bond motifs is 1. The summed E-state index contributed by atoms with van der Waals surface area (Å²) >= 11 is 0. The van der Waals surface area contributed by atoms with E-state index in [1.54, 1.807) is 42.5 Å². The molecule has 0 aliphatic carbocycles. The summed E-state index contributed by atoms with van der Waals surface area (Å²) in [5.41, 5.74) is 0.346. The van der Waals surface area contributed by atoms with Gasteiger partial charge in [-0.1, -0.05) is 24.6 Å². The Morgan fingerprint density at radius 3 is 2.53 bits per heavy atom. The van der Waals surface area contributed by atoms with Crippen LogP contribution in [0.3, 0.4) is 0 Å². The van der Waals surface area contributed by atoms with Crippen molar-refractivity contribution in [2.24, 2.45) is 0 Å². The number of nitrogens with one attached hydrogen (secondary N) is 2. The number of aromatic nitrogens is 2. The van der Waals surface area contributed by atoms with Gasteiger partial charge in [-0.05, 0) is 69.2 Å². The van der Waals surface area contributed by atoms with Gasteiger partial charge in [-0.2, -0.15) is 0 Å². The summed E-state index contributed by atoms with van der Waals surface area (Å²) in [4.78, 5) is 43.0. The number of benzene rings is 2. The topological polar surface area (TPSA) is 87.2 Å². The molecule has 4 rings (SSSR count). The molecule has 1 fully saturated rings. The SMILES string of the molecule is O=C(NCCCN1CCCCC1)c1ccc2c(=O)n(-c3ccccc3)c(=O)[nH]c2c1. The van der Waals surface area contributed by atoms with Crippen LogP contribution in [0.2, 0.25) is 0 Å². The lowest BCUT2D eigenvalue weighted by Gasteiger charge is -2.26. The Morgan fingerprint density at radius 2 is 1.77 bits per heavy atom. The average Bonchev–Trinajstić information content (AvgIpc) is 2.77. The number of piperidine rings is 1. The van der Waals surface area contributed by atoms with E-state index >= 15 is 0 Å². The fraction of sp³-hybridized carbons (Fsp3) is 0.348. The van der Waals surface area contributed by atoms with Crippen LogP contribution in [0.1, 0.15) is 36.0 Å². The second-order valence-corrected chi connectivity index (χ2v) is 7.68. The predicted molar refractivity (Wildman–Crippen MR) is 117 cm³/mol. The normalized spacial score (nSPS) is 14.7. The number of hydrogen-bond donors (Lipinski definition) is 2. The number of likely N-dealkylation sites (tertiary alicyclic amines) is 1. The first kappa shape index (κ1) is 20.1. The van der Waals surface area contributed by atoms with Gasteiger partial charge in [-0.15, -0.1) is 0 Å². The van der Waals surface area contributed by atoms with Crippen LogP contribution in [-0.4, -0.2) is 46.5 Å². The minimum Gasteiger partial charge on any atom is -0.352 e. The number of amides is 1. The van der Waals surface area contributed by atoms with Gasteiger partial charge >= 0.3 is 5.69 Å². The summed E-state index contributed by atoms with van der Waals surface area (Å²) < 4.78 is 1.10. The first-order chi connectivity index (χ1) is 14.6. The van der Waals surface area contributed by atoms with Gasteiger partial charge in [-0.25, -0.2) is 9.36 Å². The molecular weight excluding hydrogens is 380 g/mol. The number of nitrogens with zero attached hydrogens (tertiary/aromatic N) is 2. The molecule has 1 aliphatic heterocycles. The maximum atomic E-state index is 12.8. The van der Waals surface area contributed by atoms with E-state index in [0.29, 0.717) is 28.7 Å². The fourth-order valence-corrected chi connectivity index (χ4v) is 3.96. The zero-order valence-electron chi connectivity index (χ0n) is 16.9. The van der Waals surface area contributed by atoms with Gasteiger partial charge < -0.3 is 15.2 Å². The number of hydrogen-bond acceptors (Lipinski definition) is 4. The van der Waals surface area contributed by atoms with Crippen molar-refractivity contribution in [1.82, 2.24) is 19.8 Å². The van der Waals surface area contributed by atoms with E-state index < -0.39 is 11.2 Å². The van der Waals surface area contributed by atoms with Crippen molar-refractivity contribution in [1.29, 1.82) is 0 Å². The predicted octanol–water partition coefficient (Wildman–Crippen LogP) is 2.28. The fourth-order valence-electron chi connectivity index (χ4n) is 3.96. The Bertz CT molecular complexity index is 1140. The third-order valence-corrected chi connectivity index (χ3v) is 5.56. The molecular formula is C23H26N4O3. The number of carbonyl (C=O) groups excluding carboxylic acids is 1. The molecule has 2 aromatic carbocycles. The van der Waals surface area contributed by atoms with Crippen LogP contribution in [0.4, 0.5) is 0 Å². The first-order valence-corrected chi connectivity index (χ1v) is 10.5. The van der Waals surface area contributed by atoms with Crippen LogP contribution in [-0.2, 0) is 0 Å². The van der Waals surface area contributed by atoms with Crippen LogP contribution >= 0.6 is 0 Å². The van der Waals surface area contributed by atoms with Gasteiger partial charge in [0.25, 0.3) is 11.5 Å². The molecule has 0 unspecified atom stereocenters. The summed E-state index contributed by atoms with van der Waals surface area (Å²) in [5, 5.41) is 3.29. The van der Waals surface area contributed by atoms with Crippen LogP contribution in [0.15, 0.2) is 58.1 Å². The Balaban J connectivity index is 1.47. The second kappa shape index (κ2) is 9.09. The molecule has 0 spiro atoms. The zero-order chi connectivity index (χ0) is 20.9. The van der Waals surface area contributed by atoms with Gasteiger partial charge in [0, 0.05) is 12.1 Å². The lowest BCUT2D eigenvalue weighted by atomic mass is 10.1. The molecule has 7 heteroatoms. The minimum atomic E-state index is -0.530. The van der Waals surface area contributed by atoms with Crippen molar-refractivity contribution in [3.05, 3.63) is 74.9 Å². The molecule has 2 N–H and O–H groups in total. The quantitative estimate of drug-likeness (QED) is 0.615. The Kier molecular flexibility index (Phi) is 6.09. The molecule has 1 saturated heterocycles. The number of H-pyrrole nitrogens is 1. The standard InChI is InChI=1S/C23H26N4O3/c28-21(24-12-7-15-26-13-5-2-6-14-26)17-10-11-19-20(16-17)25-23(30)27(22(19)29)18-8-3-1-4-9-18/h1,3-4,8-11,16H,2,5-7,12-15H2,(H,24,28)(H,25,30).